The molecule has 1 aliphatic heterocycles. The van der Waals surface area contributed by atoms with Crippen LogP contribution in [0.3, 0.4) is 0 Å². The van der Waals surface area contributed by atoms with Crippen LogP contribution in [0, 0.1) is 5.41 Å². The van der Waals surface area contributed by atoms with Crippen molar-refractivity contribution in [3.63, 3.8) is 0 Å². The molecule has 2 aliphatic carbocycles. The maximum Gasteiger partial charge on any atom is 0.0661 e. The van der Waals surface area contributed by atoms with E-state index in [1.54, 1.807) is 0 Å². The summed E-state index contributed by atoms with van der Waals surface area (Å²) >= 11 is 0. The zero-order valence-electron chi connectivity index (χ0n) is 12.5. The first-order valence-electron chi connectivity index (χ1n) is 8.24. The van der Waals surface area contributed by atoms with Crippen molar-refractivity contribution in [3.05, 3.63) is 0 Å². The third-order valence-electron chi connectivity index (χ3n) is 5.56. The fraction of sp³-hybridized carbons (Fsp3) is 1.00. The fourth-order valence-corrected chi connectivity index (χ4v) is 4.31. The van der Waals surface area contributed by atoms with Crippen LogP contribution in [-0.4, -0.2) is 37.5 Å². The van der Waals surface area contributed by atoms with Gasteiger partial charge in [-0.2, -0.15) is 0 Å². The lowest BCUT2D eigenvalue weighted by Crippen LogP contribution is -2.68. The van der Waals surface area contributed by atoms with Crippen molar-refractivity contribution in [2.24, 2.45) is 5.41 Å². The average Bonchev–Trinajstić information content (AvgIpc) is 2.78. The molecule has 3 aliphatic rings. The van der Waals surface area contributed by atoms with Gasteiger partial charge in [0.15, 0.2) is 0 Å². The Morgan fingerprint density at radius 1 is 1.37 bits per heavy atom. The van der Waals surface area contributed by atoms with Crippen molar-refractivity contribution >= 4 is 0 Å². The van der Waals surface area contributed by atoms with Gasteiger partial charge in [0.1, 0.15) is 0 Å². The van der Waals surface area contributed by atoms with Crippen LogP contribution < -0.4 is 5.32 Å². The molecule has 1 N–H and O–H groups in total. The Hall–Kier alpha value is -0.120. The minimum Gasteiger partial charge on any atom is -0.378 e. The Morgan fingerprint density at radius 2 is 2.21 bits per heavy atom. The van der Waals surface area contributed by atoms with Crippen molar-refractivity contribution in [2.45, 2.75) is 83.1 Å². The van der Waals surface area contributed by atoms with Gasteiger partial charge in [-0.3, -0.25) is 0 Å². The zero-order chi connectivity index (χ0) is 13.3. The molecular weight excluding hydrogens is 238 g/mol. The van der Waals surface area contributed by atoms with E-state index in [0.717, 1.165) is 13.2 Å². The second-order valence-corrected chi connectivity index (χ2v) is 6.76. The lowest BCUT2D eigenvalue weighted by molar-refractivity contribution is -0.174. The first-order chi connectivity index (χ1) is 9.24. The molecular formula is C16H29NO2. The van der Waals surface area contributed by atoms with E-state index in [9.17, 15) is 0 Å². The van der Waals surface area contributed by atoms with Crippen molar-refractivity contribution in [3.8, 4) is 0 Å². The van der Waals surface area contributed by atoms with Crippen LogP contribution in [0.4, 0.5) is 0 Å². The van der Waals surface area contributed by atoms with Gasteiger partial charge in [0.2, 0.25) is 0 Å². The van der Waals surface area contributed by atoms with Crippen LogP contribution >= 0.6 is 0 Å². The molecule has 3 nitrogen and oxygen atoms in total. The highest BCUT2D eigenvalue weighted by Gasteiger charge is 2.58. The molecule has 0 bridgehead atoms. The Kier molecular flexibility index (Phi) is 4.16. The van der Waals surface area contributed by atoms with Crippen LogP contribution in [0.25, 0.3) is 0 Å². The predicted molar refractivity (Wildman–Crippen MR) is 76.3 cm³/mol. The summed E-state index contributed by atoms with van der Waals surface area (Å²) < 4.78 is 11.7. The monoisotopic (exact) mass is 267 g/mol. The molecule has 4 atom stereocenters. The van der Waals surface area contributed by atoms with E-state index in [-0.39, 0.29) is 0 Å². The van der Waals surface area contributed by atoms with E-state index in [1.165, 1.54) is 44.9 Å². The van der Waals surface area contributed by atoms with Crippen molar-refractivity contribution in [2.75, 3.05) is 13.2 Å². The molecule has 19 heavy (non-hydrogen) atoms. The molecule has 1 heterocycles. The molecule has 0 aromatic heterocycles. The second kappa shape index (κ2) is 5.71. The summed E-state index contributed by atoms with van der Waals surface area (Å²) in [6.07, 6.45) is 10.0. The van der Waals surface area contributed by atoms with Crippen molar-refractivity contribution in [1.29, 1.82) is 0 Å². The highest BCUT2D eigenvalue weighted by molar-refractivity contribution is 5.12. The SMILES string of the molecule is CCOC1CC(NC(C)CC2CCCO2)C12CCC2. The lowest BCUT2D eigenvalue weighted by Gasteiger charge is -2.61. The molecule has 4 unspecified atom stereocenters. The first-order valence-corrected chi connectivity index (χ1v) is 8.24. The lowest BCUT2D eigenvalue weighted by atomic mass is 9.51. The van der Waals surface area contributed by atoms with Crippen LogP contribution in [0.15, 0.2) is 0 Å². The second-order valence-electron chi connectivity index (χ2n) is 6.76. The van der Waals surface area contributed by atoms with Gasteiger partial charge in [-0.25, -0.2) is 0 Å². The van der Waals surface area contributed by atoms with Gasteiger partial charge >= 0.3 is 0 Å². The fourth-order valence-electron chi connectivity index (χ4n) is 4.31. The van der Waals surface area contributed by atoms with Crippen molar-refractivity contribution in [1.82, 2.24) is 5.32 Å². The van der Waals surface area contributed by atoms with Crippen molar-refractivity contribution < 1.29 is 9.47 Å². The summed E-state index contributed by atoms with van der Waals surface area (Å²) in [5, 5.41) is 3.86. The molecule has 1 spiro atoms. The van der Waals surface area contributed by atoms with Gasteiger partial charge in [0.05, 0.1) is 12.2 Å². The summed E-state index contributed by atoms with van der Waals surface area (Å²) in [6, 6.07) is 1.27. The Bertz CT molecular complexity index is 297. The number of hydrogen-bond donors (Lipinski definition) is 1. The number of hydrogen-bond acceptors (Lipinski definition) is 3. The minimum absolute atomic E-state index is 0.487. The normalized spacial score (nSPS) is 37.9. The Labute approximate surface area is 117 Å². The Morgan fingerprint density at radius 3 is 2.79 bits per heavy atom. The molecule has 3 heteroatoms. The van der Waals surface area contributed by atoms with Gasteiger partial charge in [0, 0.05) is 30.7 Å². The molecule has 0 aromatic rings. The summed E-state index contributed by atoms with van der Waals surface area (Å²) in [4.78, 5) is 0. The van der Waals surface area contributed by atoms with E-state index < -0.39 is 0 Å². The third-order valence-corrected chi connectivity index (χ3v) is 5.56. The van der Waals surface area contributed by atoms with Crippen LogP contribution in [0.1, 0.15) is 58.8 Å². The van der Waals surface area contributed by atoms with Gasteiger partial charge in [0.25, 0.3) is 0 Å². The zero-order valence-corrected chi connectivity index (χ0v) is 12.5. The summed E-state index contributed by atoms with van der Waals surface area (Å²) in [6.45, 7) is 6.27. The van der Waals surface area contributed by atoms with E-state index >= 15 is 0 Å². The standard InChI is InChI=1S/C16H29NO2/c1-3-18-15-11-14(16(15)7-5-8-16)17-12(2)10-13-6-4-9-19-13/h12-15,17H,3-11H2,1-2H3. The van der Waals surface area contributed by atoms with Gasteiger partial charge in [-0.1, -0.05) is 6.42 Å². The van der Waals surface area contributed by atoms with Crippen LogP contribution in [-0.2, 0) is 9.47 Å². The van der Waals surface area contributed by atoms with E-state index in [4.69, 9.17) is 9.47 Å². The summed E-state index contributed by atoms with van der Waals surface area (Å²) in [7, 11) is 0. The van der Waals surface area contributed by atoms with Gasteiger partial charge in [-0.05, 0) is 52.4 Å². The number of rotatable bonds is 6. The molecule has 3 fully saturated rings. The molecule has 0 aromatic carbocycles. The van der Waals surface area contributed by atoms with E-state index in [0.29, 0.717) is 29.7 Å². The maximum absolute atomic E-state index is 5.92. The maximum atomic E-state index is 5.92. The van der Waals surface area contributed by atoms with E-state index in [2.05, 4.69) is 19.2 Å². The Balaban J connectivity index is 1.47. The molecule has 2 saturated carbocycles. The molecule has 0 amide bonds. The summed E-state index contributed by atoms with van der Waals surface area (Å²) in [5.74, 6) is 0. The topological polar surface area (TPSA) is 30.5 Å². The average molecular weight is 267 g/mol. The molecule has 0 radical (unpaired) electrons. The highest BCUT2D eigenvalue weighted by atomic mass is 16.5. The highest BCUT2D eigenvalue weighted by Crippen LogP contribution is 2.57. The first kappa shape index (κ1) is 13.8. The molecule has 3 rings (SSSR count). The molecule has 110 valence electrons. The smallest absolute Gasteiger partial charge is 0.0661 e. The number of nitrogens with one attached hydrogen (secondary N) is 1. The van der Waals surface area contributed by atoms with Crippen LogP contribution in [0.2, 0.25) is 0 Å². The largest absolute Gasteiger partial charge is 0.378 e. The van der Waals surface area contributed by atoms with E-state index in [1.807, 2.05) is 0 Å². The van der Waals surface area contributed by atoms with Crippen LogP contribution in [0.5, 0.6) is 0 Å². The van der Waals surface area contributed by atoms with Gasteiger partial charge < -0.3 is 14.8 Å². The minimum atomic E-state index is 0.487. The number of ether oxygens (including phenoxy) is 2. The predicted octanol–water partition coefficient (Wildman–Crippen LogP) is 2.88. The quantitative estimate of drug-likeness (QED) is 0.802. The molecule has 1 saturated heterocycles. The summed E-state index contributed by atoms with van der Waals surface area (Å²) in [5.41, 5.74) is 0.487. The van der Waals surface area contributed by atoms with Gasteiger partial charge in [-0.15, -0.1) is 0 Å². The third kappa shape index (κ3) is 2.57.